The maximum absolute atomic E-state index is 10.6. The molecule has 0 aliphatic carbocycles. The first-order valence-electron chi connectivity index (χ1n) is 4.73. The lowest BCUT2D eigenvalue weighted by Crippen LogP contribution is -2.25. The molecule has 0 bridgehead atoms. The van der Waals surface area contributed by atoms with Crippen molar-refractivity contribution < 1.29 is 19.4 Å². The topological polar surface area (TPSA) is 55.8 Å². The highest BCUT2D eigenvalue weighted by Crippen LogP contribution is 2.30. The summed E-state index contributed by atoms with van der Waals surface area (Å²) in [6, 6.07) is 0. The SMILES string of the molecule is O=C(O)C1CCC(C2CCOC2)O1. The third kappa shape index (κ3) is 1.84. The Balaban J connectivity index is 1.86. The molecule has 2 rings (SSSR count). The third-order valence-electron chi connectivity index (χ3n) is 2.82. The minimum absolute atomic E-state index is 0.114. The lowest BCUT2D eigenvalue weighted by atomic mass is 9.99. The van der Waals surface area contributed by atoms with Crippen LogP contribution in [0.15, 0.2) is 0 Å². The summed E-state index contributed by atoms with van der Waals surface area (Å²) in [4.78, 5) is 10.6. The standard InChI is InChI=1S/C9H14O4/c10-9(11)8-2-1-7(13-8)6-3-4-12-5-6/h6-8H,1-5H2,(H,10,11). The number of hydrogen-bond donors (Lipinski definition) is 1. The summed E-state index contributed by atoms with van der Waals surface area (Å²) in [7, 11) is 0. The Hall–Kier alpha value is -0.610. The van der Waals surface area contributed by atoms with E-state index in [0.717, 1.165) is 26.1 Å². The molecule has 0 saturated carbocycles. The molecule has 2 fully saturated rings. The zero-order valence-electron chi connectivity index (χ0n) is 7.44. The van der Waals surface area contributed by atoms with Crippen LogP contribution in [0, 0.1) is 5.92 Å². The molecule has 0 radical (unpaired) electrons. The molecule has 0 amide bonds. The zero-order chi connectivity index (χ0) is 9.26. The van der Waals surface area contributed by atoms with Gasteiger partial charge >= 0.3 is 5.97 Å². The fourth-order valence-electron chi connectivity index (χ4n) is 2.04. The van der Waals surface area contributed by atoms with Gasteiger partial charge in [-0.05, 0) is 19.3 Å². The van der Waals surface area contributed by atoms with Crippen molar-refractivity contribution in [2.75, 3.05) is 13.2 Å². The average Bonchev–Trinajstić information content (AvgIpc) is 2.75. The normalized spacial score (nSPS) is 39.5. The van der Waals surface area contributed by atoms with Gasteiger partial charge in [-0.25, -0.2) is 4.79 Å². The van der Waals surface area contributed by atoms with E-state index in [0.29, 0.717) is 12.3 Å². The predicted octanol–water partition coefficient (Wildman–Crippen LogP) is 0.655. The average molecular weight is 186 g/mol. The van der Waals surface area contributed by atoms with E-state index in [4.69, 9.17) is 14.6 Å². The van der Waals surface area contributed by atoms with Gasteiger partial charge in [0.25, 0.3) is 0 Å². The number of carbonyl (C=O) groups is 1. The van der Waals surface area contributed by atoms with E-state index in [2.05, 4.69) is 0 Å². The molecule has 0 aromatic heterocycles. The molecule has 2 aliphatic heterocycles. The van der Waals surface area contributed by atoms with Crippen molar-refractivity contribution in [3.8, 4) is 0 Å². The van der Waals surface area contributed by atoms with Gasteiger partial charge in [0.2, 0.25) is 0 Å². The number of ether oxygens (including phenoxy) is 2. The second kappa shape index (κ2) is 3.64. The minimum Gasteiger partial charge on any atom is -0.479 e. The second-order valence-corrected chi connectivity index (χ2v) is 3.70. The van der Waals surface area contributed by atoms with E-state index in [1.54, 1.807) is 0 Å². The predicted molar refractivity (Wildman–Crippen MR) is 44.5 cm³/mol. The maximum atomic E-state index is 10.6. The molecule has 0 spiro atoms. The largest absolute Gasteiger partial charge is 0.479 e. The molecular weight excluding hydrogens is 172 g/mol. The van der Waals surface area contributed by atoms with E-state index in [-0.39, 0.29) is 6.10 Å². The molecule has 0 aromatic rings. The Kier molecular flexibility index (Phi) is 2.51. The van der Waals surface area contributed by atoms with E-state index in [1.165, 1.54) is 0 Å². The van der Waals surface area contributed by atoms with Crippen molar-refractivity contribution in [1.29, 1.82) is 0 Å². The van der Waals surface area contributed by atoms with E-state index in [9.17, 15) is 4.79 Å². The number of carboxylic acid groups (broad SMARTS) is 1. The first-order chi connectivity index (χ1) is 6.27. The highest BCUT2D eigenvalue weighted by Gasteiger charge is 2.36. The molecule has 4 nitrogen and oxygen atoms in total. The minimum atomic E-state index is -0.832. The van der Waals surface area contributed by atoms with Gasteiger partial charge in [-0.3, -0.25) is 0 Å². The van der Waals surface area contributed by atoms with Crippen LogP contribution in [0.3, 0.4) is 0 Å². The highest BCUT2D eigenvalue weighted by atomic mass is 16.5. The Morgan fingerprint density at radius 3 is 2.69 bits per heavy atom. The van der Waals surface area contributed by atoms with Crippen molar-refractivity contribution >= 4 is 5.97 Å². The Morgan fingerprint density at radius 2 is 2.15 bits per heavy atom. The summed E-state index contributed by atoms with van der Waals surface area (Å²) < 4.78 is 10.7. The van der Waals surface area contributed by atoms with Crippen LogP contribution in [0.5, 0.6) is 0 Å². The smallest absolute Gasteiger partial charge is 0.332 e. The lowest BCUT2D eigenvalue weighted by molar-refractivity contribution is -0.150. The molecule has 13 heavy (non-hydrogen) atoms. The summed E-state index contributed by atoms with van der Waals surface area (Å²) in [6.45, 7) is 1.53. The summed E-state index contributed by atoms with van der Waals surface area (Å²) >= 11 is 0. The van der Waals surface area contributed by atoms with Gasteiger partial charge in [-0.1, -0.05) is 0 Å². The van der Waals surface area contributed by atoms with Crippen LogP contribution >= 0.6 is 0 Å². The van der Waals surface area contributed by atoms with Gasteiger partial charge in [0.15, 0.2) is 6.10 Å². The molecule has 1 N–H and O–H groups in total. The summed E-state index contributed by atoms with van der Waals surface area (Å²) in [5, 5.41) is 8.72. The fraction of sp³-hybridized carbons (Fsp3) is 0.889. The van der Waals surface area contributed by atoms with Gasteiger partial charge in [-0.2, -0.15) is 0 Å². The van der Waals surface area contributed by atoms with Gasteiger partial charge in [-0.15, -0.1) is 0 Å². The first kappa shape index (κ1) is 8.97. The van der Waals surface area contributed by atoms with Gasteiger partial charge in [0, 0.05) is 12.5 Å². The van der Waals surface area contributed by atoms with E-state index >= 15 is 0 Å². The lowest BCUT2D eigenvalue weighted by Gasteiger charge is -2.16. The van der Waals surface area contributed by atoms with Crippen LogP contribution < -0.4 is 0 Å². The van der Waals surface area contributed by atoms with Gasteiger partial charge in [0.05, 0.1) is 12.7 Å². The van der Waals surface area contributed by atoms with Crippen LogP contribution in [-0.2, 0) is 14.3 Å². The van der Waals surface area contributed by atoms with Gasteiger partial charge < -0.3 is 14.6 Å². The molecule has 2 heterocycles. The Morgan fingerprint density at radius 1 is 1.31 bits per heavy atom. The molecule has 74 valence electrons. The molecule has 3 unspecified atom stereocenters. The molecule has 4 heteroatoms. The summed E-state index contributed by atoms with van der Waals surface area (Å²) in [5.74, 6) is -0.411. The fourth-order valence-corrected chi connectivity index (χ4v) is 2.04. The number of carboxylic acids is 1. The molecule has 3 atom stereocenters. The van der Waals surface area contributed by atoms with Crippen LogP contribution in [0.1, 0.15) is 19.3 Å². The number of rotatable bonds is 2. The van der Waals surface area contributed by atoms with Crippen LogP contribution in [0.2, 0.25) is 0 Å². The quantitative estimate of drug-likeness (QED) is 0.688. The molecule has 0 aromatic carbocycles. The Bertz CT molecular complexity index is 198. The van der Waals surface area contributed by atoms with Crippen LogP contribution in [0.4, 0.5) is 0 Å². The Labute approximate surface area is 76.8 Å². The van der Waals surface area contributed by atoms with E-state index < -0.39 is 12.1 Å². The van der Waals surface area contributed by atoms with Crippen molar-refractivity contribution in [3.05, 3.63) is 0 Å². The summed E-state index contributed by atoms with van der Waals surface area (Å²) in [6.07, 6.45) is 2.06. The van der Waals surface area contributed by atoms with Crippen molar-refractivity contribution in [2.45, 2.75) is 31.5 Å². The number of aliphatic carboxylic acids is 1. The van der Waals surface area contributed by atoms with Crippen molar-refractivity contribution in [3.63, 3.8) is 0 Å². The van der Waals surface area contributed by atoms with E-state index in [1.807, 2.05) is 0 Å². The molecule has 2 aliphatic rings. The van der Waals surface area contributed by atoms with Crippen molar-refractivity contribution in [2.24, 2.45) is 5.92 Å². The van der Waals surface area contributed by atoms with Gasteiger partial charge in [0.1, 0.15) is 0 Å². The summed E-state index contributed by atoms with van der Waals surface area (Å²) in [5.41, 5.74) is 0. The van der Waals surface area contributed by atoms with Crippen LogP contribution in [0.25, 0.3) is 0 Å². The monoisotopic (exact) mass is 186 g/mol. The second-order valence-electron chi connectivity index (χ2n) is 3.70. The number of hydrogen-bond acceptors (Lipinski definition) is 3. The third-order valence-corrected chi connectivity index (χ3v) is 2.82. The molecule has 2 saturated heterocycles. The van der Waals surface area contributed by atoms with Crippen molar-refractivity contribution in [1.82, 2.24) is 0 Å². The highest BCUT2D eigenvalue weighted by molar-refractivity contribution is 5.72. The molecular formula is C9H14O4. The van der Waals surface area contributed by atoms with Crippen LogP contribution in [-0.4, -0.2) is 36.5 Å². The maximum Gasteiger partial charge on any atom is 0.332 e. The zero-order valence-corrected chi connectivity index (χ0v) is 7.44. The first-order valence-corrected chi connectivity index (χ1v) is 4.73.